The average Bonchev–Trinajstić information content (AvgIpc) is 3.49. The van der Waals surface area contributed by atoms with Crippen LogP contribution in [0.2, 0.25) is 0 Å². The van der Waals surface area contributed by atoms with Crippen molar-refractivity contribution in [3.05, 3.63) is 66.4 Å². The summed E-state index contributed by atoms with van der Waals surface area (Å²) in [4.78, 5) is 19.8. The normalized spacial score (nSPS) is 15.6. The molecule has 1 amide bonds. The number of likely N-dealkylation sites (tertiary alicyclic amines) is 1. The zero-order chi connectivity index (χ0) is 19.3. The molecule has 3 aromatic rings. The number of carbonyl (C=O) groups excluding carboxylic acids is 1. The topological polar surface area (TPSA) is 63.3 Å². The molecule has 0 saturated carbocycles. The third-order valence-corrected chi connectivity index (χ3v) is 5.72. The predicted molar refractivity (Wildman–Crippen MR) is 110 cm³/mol. The third-order valence-electron chi connectivity index (χ3n) is 5.07. The lowest BCUT2D eigenvalue weighted by molar-refractivity contribution is 0.0926. The van der Waals surface area contributed by atoms with Crippen LogP contribution in [0.1, 0.15) is 35.1 Å². The van der Waals surface area contributed by atoms with Gasteiger partial charge in [0.15, 0.2) is 5.16 Å². The van der Waals surface area contributed by atoms with Crippen LogP contribution in [0, 0.1) is 0 Å². The maximum absolute atomic E-state index is 13.0. The van der Waals surface area contributed by atoms with E-state index in [0.717, 1.165) is 29.7 Å². The second-order valence-corrected chi connectivity index (χ2v) is 7.56. The van der Waals surface area contributed by atoms with Crippen molar-refractivity contribution in [3.63, 3.8) is 0 Å². The van der Waals surface area contributed by atoms with E-state index in [2.05, 4.69) is 15.2 Å². The highest BCUT2D eigenvalue weighted by molar-refractivity contribution is 7.98. The fraction of sp³-hybridized carbons (Fsp3) is 0.333. The first-order valence-corrected chi connectivity index (χ1v) is 10.7. The van der Waals surface area contributed by atoms with Crippen molar-refractivity contribution in [1.82, 2.24) is 19.8 Å². The molecule has 1 aliphatic rings. The minimum Gasteiger partial charge on any atom is -0.468 e. The lowest BCUT2D eigenvalue weighted by Gasteiger charge is -2.26. The fourth-order valence-electron chi connectivity index (χ4n) is 3.69. The third kappa shape index (κ3) is 3.86. The molecule has 1 fully saturated rings. The van der Waals surface area contributed by atoms with Gasteiger partial charge in [-0.25, -0.2) is 4.98 Å². The van der Waals surface area contributed by atoms with E-state index in [-0.39, 0.29) is 11.9 Å². The number of aromatic nitrogens is 2. The van der Waals surface area contributed by atoms with E-state index in [4.69, 9.17) is 4.42 Å². The van der Waals surface area contributed by atoms with Crippen molar-refractivity contribution in [1.29, 1.82) is 0 Å². The monoisotopic (exact) mass is 396 g/mol. The van der Waals surface area contributed by atoms with Gasteiger partial charge in [0.05, 0.1) is 18.5 Å². The van der Waals surface area contributed by atoms with E-state index in [1.165, 1.54) is 24.6 Å². The van der Waals surface area contributed by atoms with Crippen molar-refractivity contribution < 1.29 is 9.21 Å². The van der Waals surface area contributed by atoms with Crippen molar-refractivity contribution in [2.75, 3.05) is 25.9 Å². The number of hydrogen-bond acceptors (Lipinski definition) is 5. The highest BCUT2D eigenvalue weighted by atomic mass is 32.2. The Balaban J connectivity index is 1.54. The molecule has 7 heteroatoms. The van der Waals surface area contributed by atoms with Gasteiger partial charge in [0.1, 0.15) is 11.5 Å². The van der Waals surface area contributed by atoms with Crippen LogP contribution in [-0.4, -0.2) is 46.2 Å². The van der Waals surface area contributed by atoms with Gasteiger partial charge in [-0.1, -0.05) is 30.0 Å². The summed E-state index contributed by atoms with van der Waals surface area (Å²) in [6, 6.07) is 13.8. The summed E-state index contributed by atoms with van der Waals surface area (Å²) in [5, 5.41) is 3.89. The van der Waals surface area contributed by atoms with E-state index in [9.17, 15) is 4.79 Å². The van der Waals surface area contributed by atoms with Gasteiger partial charge in [-0.2, -0.15) is 0 Å². The quantitative estimate of drug-likeness (QED) is 0.616. The van der Waals surface area contributed by atoms with Crippen LogP contribution in [0.5, 0.6) is 0 Å². The number of nitrogens with one attached hydrogen (secondary N) is 1. The van der Waals surface area contributed by atoms with Gasteiger partial charge in [0, 0.05) is 12.2 Å². The summed E-state index contributed by atoms with van der Waals surface area (Å²) >= 11 is 1.52. The van der Waals surface area contributed by atoms with E-state index < -0.39 is 0 Å². The molecule has 0 aliphatic carbocycles. The lowest BCUT2D eigenvalue weighted by Crippen LogP contribution is -2.37. The van der Waals surface area contributed by atoms with Crippen LogP contribution >= 0.6 is 11.8 Å². The molecule has 1 N–H and O–H groups in total. The molecule has 4 rings (SSSR count). The molecular weight excluding hydrogens is 372 g/mol. The van der Waals surface area contributed by atoms with Crippen LogP contribution in [-0.2, 0) is 0 Å². The smallest absolute Gasteiger partial charge is 0.270 e. The molecule has 28 heavy (non-hydrogen) atoms. The van der Waals surface area contributed by atoms with Gasteiger partial charge in [0.25, 0.3) is 5.91 Å². The summed E-state index contributed by atoms with van der Waals surface area (Å²) < 4.78 is 7.55. The standard InChI is InChI=1S/C21H24N4O2S/c1-28-21-23-15-18(25(21)16-8-3-2-4-9-16)20(26)22-14-17(19-10-7-13-27-19)24-11-5-6-12-24/h2-4,7-10,13,15,17H,5-6,11-12,14H2,1H3,(H,22,26)/t17-/m0/s1. The Labute approximate surface area is 168 Å². The lowest BCUT2D eigenvalue weighted by atomic mass is 10.2. The second kappa shape index (κ2) is 8.67. The number of para-hydroxylation sites is 1. The zero-order valence-corrected chi connectivity index (χ0v) is 16.7. The van der Waals surface area contributed by atoms with Crippen LogP contribution < -0.4 is 5.32 Å². The van der Waals surface area contributed by atoms with Gasteiger partial charge >= 0.3 is 0 Å². The van der Waals surface area contributed by atoms with Crippen molar-refractivity contribution in [3.8, 4) is 5.69 Å². The molecule has 0 spiro atoms. The largest absolute Gasteiger partial charge is 0.468 e. The van der Waals surface area contributed by atoms with Crippen molar-refractivity contribution in [2.45, 2.75) is 24.0 Å². The van der Waals surface area contributed by atoms with Crippen LogP contribution in [0.3, 0.4) is 0 Å². The maximum Gasteiger partial charge on any atom is 0.270 e. The van der Waals surface area contributed by atoms with Crippen molar-refractivity contribution in [2.24, 2.45) is 0 Å². The molecule has 0 unspecified atom stereocenters. The molecule has 0 radical (unpaired) electrons. The number of imidazole rings is 1. The van der Waals surface area contributed by atoms with E-state index >= 15 is 0 Å². The van der Waals surface area contributed by atoms with Crippen LogP contribution in [0.15, 0.2) is 64.5 Å². The molecule has 1 aliphatic heterocycles. The molecular formula is C21H24N4O2S. The Kier molecular flexibility index (Phi) is 5.83. The molecule has 146 valence electrons. The van der Waals surface area contributed by atoms with E-state index in [1.807, 2.05) is 53.3 Å². The highest BCUT2D eigenvalue weighted by Gasteiger charge is 2.27. The first-order chi connectivity index (χ1) is 13.8. The Bertz CT molecular complexity index is 902. The van der Waals surface area contributed by atoms with Gasteiger partial charge in [-0.15, -0.1) is 0 Å². The van der Waals surface area contributed by atoms with Gasteiger partial charge in [-0.3, -0.25) is 14.3 Å². The number of nitrogens with zero attached hydrogens (tertiary/aromatic N) is 3. The van der Waals surface area contributed by atoms with Gasteiger partial charge < -0.3 is 9.73 Å². The van der Waals surface area contributed by atoms with E-state index in [0.29, 0.717) is 12.2 Å². The number of hydrogen-bond donors (Lipinski definition) is 1. The summed E-state index contributed by atoms with van der Waals surface area (Å²) in [7, 11) is 0. The second-order valence-electron chi connectivity index (χ2n) is 6.79. The number of rotatable bonds is 7. The fourth-order valence-corrected chi connectivity index (χ4v) is 4.23. The average molecular weight is 397 g/mol. The Morgan fingerprint density at radius 2 is 2.00 bits per heavy atom. The minimum absolute atomic E-state index is 0.0505. The van der Waals surface area contributed by atoms with Crippen LogP contribution in [0.25, 0.3) is 5.69 Å². The number of thioether (sulfide) groups is 1. The summed E-state index contributed by atoms with van der Waals surface area (Å²) in [5.74, 6) is 0.760. The maximum atomic E-state index is 13.0. The Hall–Kier alpha value is -2.51. The SMILES string of the molecule is CSc1ncc(C(=O)NC[C@@H](c2ccco2)N2CCCC2)n1-c1ccccc1. The molecule has 1 saturated heterocycles. The van der Waals surface area contributed by atoms with E-state index in [1.54, 1.807) is 12.5 Å². The zero-order valence-electron chi connectivity index (χ0n) is 15.9. The molecule has 6 nitrogen and oxygen atoms in total. The van der Waals surface area contributed by atoms with Crippen LogP contribution in [0.4, 0.5) is 0 Å². The minimum atomic E-state index is -0.132. The number of carbonyl (C=O) groups is 1. The molecule has 3 heterocycles. The Morgan fingerprint density at radius 1 is 1.21 bits per heavy atom. The highest BCUT2D eigenvalue weighted by Crippen LogP contribution is 2.26. The first kappa shape index (κ1) is 18.8. The molecule has 2 aromatic heterocycles. The predicted octanol–water partition coefficient (Wildman–Crippen LogP) is 3.75. The molecule has 1 atom stereocenters. The number of benzene rings is 1. The number of amides is 1. The first-order valence-electron chi connectivity index (χ1n) is 9.50. The molecule has 0 bridgehead atoms. The summed E-state index contributed by atoms with van der Waals surface area (Å²) in [6.07, 6.45) is 7.66. The van der Waals surface area contributed by atoms with Gasteiger partial charge in [-0.05, 0) is 56.5 Å². The summed E-state index contributed by atoms with van der Waals surface area (Å²) in [5.41, 5.74) is 1.46. The van der Waals surface area contributed by atoms with Gasteiger partial charge in [0.2, 0.25) is 0 Å². The molecule has 1 aromatic carbocycles. The Morgan fingerprint density at radius 3 is 2.68 bits per heavy atom. The van der Waals surface area contributed by atoms with Crippen molar-refractivity contribution >= 4 is 17.7 Å². The summed E-state index contributed by atoms with van der Waals surface area (Å²) in [6.45, 7) is 2.56. The number of furan rings is 1.